The standard InChI is InChI=1S/C26H33N3O/c1-3-27(4-2)19-23-13-9-10-18-28(23)20-26(30)29-24-14-7-5-11-21(24)16-17-22-12-6-8-15-25(22)29/h5-8,11-12,14-17,23H,3-4,9-10,13,18-20H2,1-2H3. The number of fused-ring (bicyclic) bond motifs is 2. The van der Waals surface area contributed by atoms with Crippen LogP contribution >= 0.6 is 0 Å². The second-order valence-electron chi connectivity index (χ2n) is 8.29. The Hall–Kier alpha value is -2.43. The molecule has 0 spiro atoms. The number of carbonyl (C=O) groups is 1. The van der Waals surface area contributed by atoms with Gasteiger partial charge in [0.15, 0.2) is 0 Å². The van der Waals surface area contributed by atoms with Gasteiger partial charge in [-0.3, -0.25) is 14.6 Å². The molecular formula is C26H33N3O. The molecule has 1 atom stereocenters. The topological polar surface area (TPSA) is 26.8 Å². The summed E-state index contributed by atoms with van der Waals surface area (Å²) in [5.41, 5.74) is 4.11. The molecular weight excluding hydrogens is 370 g/mol. The van der Waals surface area contributed by atoms with Gasteiger partial charge in [0, 0.05) is 12.6 Å². The second kappa shape index (κ2) is 9.59. The quantitative estimate of drug-likeness (QED) is 0.677. The van der Waals surface area contributed by atoms with Gasteiger partial charge < -0.3 is 4.90 Å². The normalized spacial score (nSPS) is 18.8. The fourth-order valence-corrected chi connectivity index (χ4v) is 4.74. The number of rotatable bonds is 6. The van der Waals surface area contributed by atoms with E-state index >= 15 is 0 Å². The number of para-hydroxylation sites is 2. The second-order valence-corrected chi connectivity index (χ2v) is 8.29. The number of carbonyl (C=O) groups excluding carboxylic acids is 1. The van der Waals surface area contributed by atoms with E-state index in [0.29, 0.717) is 12.6 Å². The third-order valence-electron chi connectivity index (χ3n) is 6.50. The molecule has 0 N–H and O–H groups in total. The number of hydrogen-bond acceptors (Lipinski definition) is 3. The fraction of sp³-hybridized carbons (Fsp3) is 0.423. The fourth-order valence-electron chi connectivity index (χ4n) is 4.74. The van der Waals surface area contributed by atoms with Crippen LogP contribution in [-0.4, -0.2) is 54.5 Å². The van der Waals surface area contributed by atoms with Gasteiger partial charge in [0.05, 0.1) is 17.9 Å². The Morgan fingerprint density at radius 2 is 1.53 bits per heavy atom. The van der Waals surface area contributed by atoms with Gasteiger partial charge >= 0.3 is 0 Å². The predicted octanol–water partition coefficient (Wildman–Crippen LogP) is 5.03. The molecule has 1 saturated heterocycles. The van der Waals surface area contributed by atoms with E-state index in [1.165, 1.54) is 19.3 Å². The Morgan fingerprint density at radius 3 is 2.13 bits per heavy atom. The van der Waals surface area contributed by atoms with E-state index < -0.39 is 0 Å². The highest BCUT2D eigenvalue weighted by Gasteiger charge is 2.30. The van der Waals surface area contributed by atoms with Crippen LogP contribution in [0.25, 0.3) is 12.2 Å². The zero-order chi connectivity index (χ0) is 20.9. The van der Waals surface area contributed by atoms with E-state index in [4.69, 9.17) is 0 Å². The van der Waals surface area contributed by atoms with Gasteiger partial charge in [-0.2, -0.15) is 0 Å². The average Bonchev–Trinajstić information content (AvgIpc) is 2.95. The Kier molecular flexibility index (Phi) is 6.66. The molecule has 2 aliphatic rings. The monoisotopic (exact) mass is 403 g/mol. The molecule has 2 aliphatic heterocycles. The van der Waals surface area contributed by atoms with Crippen LogP contribution in [0.2, 0.25) is 0 Å². The number of likely N-dealkylation sites (N-methyl/N-ethyl adjacent to an activating group) is 1. The van der Waals surface area contributed by atoms with Crippen LogP contribution in [0.3, 0.4) is 0 Å². The first-order valence-corrected chi connectivity index (χ1v) is 11.4. The molecule has 1 unspecified atom stereocenters. The summed E-state index contributed by atoms with van der Waals surface area (Å²) < 4.78 is 0. The van der Waals surface area contributed by atoms with Crippen molar-refractivity contribution in [3.05, 3.63) is 59.7 Å². The minimum Gasteiger partial charge on any atom is -0.302 e. The maximum Gasteiger partial charge on any atom is 0.245 e. The minimum atomic E-state index is 0.157. The molecule has 30 heavy (non-hydrogen) atoms. The lowest BCUT2D eigenvalue weighted by atomic mass is 10.0. The van der Waals surface area contributed by atoms with Crippen LogP contribution in [0.4, 0.5) is 11.4 Å². The number of piperidine rings is 1. The molecule has 0 aliphatic carbocycles. The van der Waals surface area contributed by atoms with Gasteiger partial charge in [-0.1, -0.05) is 68.8 Å². The van der Waals surface area contributed by atoms with E-state index in [9.17, 15) is 4.79 Å². The summed E-state index contributed by atoms with van der Waals surface area (Å²) in [6.45, 7) is 9.09. The molecule has 4 rings (SSSR count). The summed E-state index contributed by atoms with van der Waals surface area (Å²) in [4.78, 5) is 20.6. The number of benzene rings is 2. The molecule has 2 aromatic rings. The minimum absolute atomic E-state index is 0.157. The lowest BCUT2D eigenvalue weighted by molar-refractivity contribution is -0.120. The van der Waals surface area contributed by atoms with E-state index in [1.807, 2.05) is 29.2 Å². The molecule has 1 fully saturated rings. The van der Waals surface area contributed by atoms with Crippen molar-refractivity contribution in [1.29, 1.82) is 0 Å². The van der Waals surface area contributed by atoms with Crippen LogP contribution in [0.5, 0.6) is 0 Å². The van der Waals surface area contributed by atoms with E-state index in [1.54, 1.807) is 0 Å². The maximum absolute atomic E-state index is 13.8. The zero-order valence-corrected chi connectivity index (χ0v) is 18.3. The van der Waals surface area contributed by atoms with Gasteiger partial charge in [-0.15, -0.1) is 0 Å². The first-order chi connectivity index (χ1) is 14.7. The first-order valence-electron chi connectivity index (χ1n) is 11.4. The number of hydrogen-bond donors (Lipinski definition) is 0. The summed E-state index contributed by atoms with van der Waals surface area (Å²) in [5, 5.41) is 0. The average molecular weight is 404 g/mol. The Bertz CT molecular complexity index is 853. The van der Waals surface area contributed by atoms with Crippen molar-refractivity contribution >= 4 is 29.4 Å². The van der Waals surface area contributed by atoms with Crippen LogP contribution in [0.15, 0.2) is 48.5 Å². The van der Waals surface area contributed by atoms with E-state index in [-0.39, 0.29) is 5.91 Å². The first kappa shape index (κ1) is 20.8. The highest BCUT2D eigenvalue weighted by atomic mass is 16.2. The third-order valence-corrected chi connectivity index (χ3v) is 6.50. The van der Waals surface area contributed by atoms with Crippen molar-refractivity contribution in [3.8, 4) is 0 Å². The highest BCUT2D eigenvalue weighted by molar-refractivity contribution is 6.07. The summed E-state index contributed by atoms with van der Waals surface area (Å²) in [6, 6.07) is 16.9. The Labute approximate surface area is 180 Å². The molecule has 2 aromatic carbocycles. The van der Waals surface area contributed by atoms with Crippen molar-refractivity contribution < 1.29 is 4.79 Å². The van der Waals surface area contributed by atoms with Crippen molar-refractivity contribution in [2.45, 2.75) is 39.2 Å². The molecule has 1 amide bonds. The van der Waals surface area contributed by atoms with Crippen molar-refractivity contribution in [2.75, 3.05) is 37.6 Å². The lowest BCUT2D eigenvalue weighted by Crippen LogP contribution is -2.50. The lowest BCUT2D eigenvalue weighted by Gasteiger charge is -2.39. The van der Waals surface area contributed by atoms with Gasteiger partial charge in [0.1, 0.15) is 0 Å². The maximum atomic E-state index is 13.8. The van der Waals surface area contributed by atoms with Crippen molar-refractivity contribution in [3.63, 3.8) is 0 Å². The number of anilines is 2. The molecule has 0 saturated carbocycles. The summed E-state index contributed by atoms with van der Waals surface area (Å²) in [7, 11) is 0. The van der Waals surface area contributed by atoms with E-state index in [0.717, 1.165) is 48.7 Å². The number of nitrogens with zero attached hydrogens (tertiary/aromatic N) is 3. The molecule has 158 valence electrons. The summed E-state index contributed by atoms with van der Waals surface area (Å²) in [6.07, 6.45) is 7.85. The van der Waals surface area contributed by atoms with Crippen LogP contribution in [-0.2, 0) is 4.79 Å². The van der Waals surface area contributed by atoms with Gasteiger partial charge in [0.25, 0.3) is 0 Å². The van der Waals surface area contributed by atoms with E-state index in [2.05, 4.69) is 60.1 Å². The third kappa shape index (κ3) is 4.35. The van der Waals surface area contributed by atoms with Crippen LogP contribution in [0, 0.1) is 0 Å². The zero-order valence-electron chi connectivity index (χ0n) is 18.3. The highest BCUT2D eigenvalue weighted by Crippen LogP contribution is 2.36. The molecule has 0 bridgehead atoms. The van der Waals surface area contributed by atoms with Crippen molar-refractivity contribution in [2.24, 2.45) is 0 Å². The smallest absolute Gasteiger partial charge is 0.245 e. The van der Waals surface area contributed by atoms with Gasteiger partial charge in [-0.05, 0) is 55.7 Å². The SMILES string of the molecule is CCN(CC)CC1CCCCN1CC(=O)N1c2ccccc2C=Cc2ccccc21. The molecule has 4 heteroatoms. The predicted molar refractivity (Wildman–Crippen MR) is 126 cm³/mol. The van der Waals surface area contributed by atoms with Crippen LogP contribution in [0.1, 0.15) is 44.2 Å². The Balaban J connectivity index is 1.61. The number of likely N-dealkylation sites (tertiary alicyclic amines) is 1. The molecule has 4 nitrogen and oxygen atoms in total. The molecule has 2 heterocycles. The van der Waals surface area contributed by atoms with Gasteiger partial charge in [0.2, 0.25) is 5.91 Å². The molecule has 0 aromatic heterocycles. The Morgan fingerprint density at radius 1 is 0.933 bits per heavy atom. The largest absolute Gasteiger partial charge is 0.302 e. The summed E-state index contributed by atoms with van der Waals surface area (Å²) in [5.74, 6) is 0.157. The number of amides is 1. The summed E-state index contributed by atoms with van der Waals surface area (Å²) >= 11 is 0. The van der Waals surface area contributed by atoms with Gasteiger partial charge in [-0.25, -0.2) is 0 Å². The van der Waals surface area contributed by atoms with Crippen molar-refractivity contribution in [1.82, 2.24) is 9.80 Å². The molecule has 0 radical (unpaired) electrons. The van der Waals surface area contributed by atoms with Crippen LogP contribution < -0.4 is 4.90 Å².